The van der Waals surface area contributed by atoms with Crippen molar-refractivity contribution in [2.75, 3.05) is 13.1 Å². The molecule has 1 atom stereocenters. The number of thiazole rings is 1. The minimum absolute atomic E-state index is 0.146. The van der Waals surface area contributed by atoms with Gasteiger partial charge in [-0.2, -0.15) is 4.52 Å². The van der Waals surface area contributed by atoms with E-state index >= 15 is 0 Å². The largest absolute Gasteiger partial charge is 0.492 e. The van der Waals surface area contributed by atoms with E-state index in [0.29, 0.717) is 5.82 Å². The molecule has 3 heterocycles. The lowest BCUT2D eigenvalue weighted by molar-refractivity contribution is -0.931. The molecule has 5 nitrogen and oxygen atoms in total. The molecule has 1 fully saturated rings. The summed E-state index contributed by atoms with van der Waals surface area (Å²) in [5, 5.41) is 15.1. The average molecular weight is 343 g/mol. The second-order valence-electron chi connectivity index (χ2n) is 6.83. The zero-order valence-corrected chi connectivity index (χ0v) is 14.9. The van der Waals surface area contributed by atoms with Gasteiger partial charge in [0.05, 0.1) is 13.1 Å². The number of quaternary nitrogens is 1. The van der Waals surface area contributed by atoms with E-state index in [1.54, 1.807) is 15.9 Å². The van der Waals surface area contributed by atoms with Crippen molar-refractivity contribution in [3.63, 3.8) is 0 Å². The van der Waals surface area contributed by atoms with Crippen LogP contribution in [0, 0.1) is 12.8 Å². The first-order chi connectivity index (χ1) is 11.6. The lowest BCUT2D eigenvalue weighted by Crippen LogP contribution is -3.13. The summed E-state index contributed by atoms with van der Waals surface area (Å²) in [6.45, 7) is 6.45. The quantitative estimate of drug-likeness (QED) is 0.767. The summed E-state index contributed by atoms with van der Waals surface area (Å²) in [4.78, 5) is 7.70. The summed E-state index contributed by atoms with van der Waals surface area (Å²) >= 11 is 1.56. The van der Waals surface area contributed by atoms with Crippen molar-refractivity contribution in [2.45, 2.75) is 32.7 Å². The maximum atomic E-state index is 10.8. The molecule has 24 heavy (non-hydrogen) atoms. The van der Waals surface area contributed by atoms with Gasteiger partial charge in [-0.1, -0.05) is 48.6 Å². The van der Waals surface area contributed by atoms with Crippen LogP contribution in [0.15, 0.2) is 30.3 Å². The molecule has 0 saturated carbocycles. The van der Waals surface area contributed by atoms with Crippen LogP contribution in [-0.2, 0) is 0 Å². The van der Waals surface area contributed by atoms with E-state index in [0.717, 1.165) is 28.8 Å². The highest BCUT2D eigenvalue weighted by molar-refractivity contribution is 7.17. The zero-order valence-electron chi connectivity index (χ0n) is 14.1. The number of nitrogens with one attached hydrogen (secondary N) is 1. The van der Waals surface area contributed by atoms with Gasteiger partial charge in [0.2, 0.25) is 10.8 Å². The molecule has 0 unspecified atom stereocenters. The van der Waals surface area contributed by atoms with Crippen LogP contribution in [0.4, 0.5) is 0 Å². The first-order valence-electron chi connectivity index (χ1n) is 8.58. The molecule has 0 aliphatic carbocycles. The van der Waals surface area contributed by atoms with Crippen molar-refractivity contribution in [3.05, 3.63) is 46.6 Å². The van der Waals surface area contributed by atoms with E-state index in [1.807, 2.05) is 13.0 Å². The smallest absolute Gasteiger partial charge is 0.235 e. The highest BCUT2D eigenvalue weighted by Crippen LogP contribution is 2.35. The number of benzene rings is 1. The molecule has 126 valence electrons. The summed E-state index contributed by atoms with van der Waals surface area (Å²) < 4.78 is 1.58. The summed E-state index contributed by atoms with van der Waals surface area (Å²) in [6, 6.07) is 10.7. The van der Waals surface area contributed by atoms with Crippen molar-refractivity contribution in [1.29, 1.82) is 0 Å². The van der Waals surface area contributed by atoms with Gasteiger partial charge in [-0.05, 0) is 25.7 Å². The SMILES string of the molecule is Cc1nc2sc([C@H](c3ccccc3)[NH+]3CCC(C)CC3)c(O)n2n1. The van der Waals surface area contributed by atoms with Crippen LogP contribution >= 0.6 is 11.3 Å². The number of nitrogens with zero attached hydrogens (tertiary/aromatic N) is 3. The number of piperidine rings is 1. The average Bonchev–Trinajstić information content (AvgIpc) is 3.09. The van der Waals surface area contributed by atoms with Gasteiger partial charge < -0.3 is 10.0 Å². The molecule has 1 saturated heterocycles. The second kappa shape index (κ2) is 6.18. The summed E-state index contributed by atoms with van der Waals surface area (Å²) in [5.74, 6) is 1.73. The maximum absolute atomic E-state index is 10.8. The van der Waals surface area contributed by atoms with Gasteiger partial charge >= 0.3 is 0 Å². The van der Waals surface area contributed by atoms with Crippen LogP contribution in [0.5, 0.6) is 5.88 Å². The fourth-order valence-corrected chi connectivity index (χ4v) is 4.86. The Balaban J connectivity index is 1.79. The Morgan fingerprint density at radius 2 is 1.96 bits per heavy atom. The molecule has 0 spiro atoms. The second-order valence-corrected chi connectivity index (χ2v) is 7.84. The lowest BCUT2D eigenvalue weighted by Gasteiger charge is -2.33. The van der Waals surface area contributed by atoms with E-state index in [2.05, 4.69) is 41.3 Å². The van der Waals surface area contributed by atoms with E-state index in [1.165, 1.54) is 23.3 Å². The molecule has 4 rings (SSSR count). The highest BCUT2D eigenvalue weighted by Gasteiger charge is 2.34. The van der Waals surface area contributed by atoms with Crippen molar-refractivity contribution < 1.29 is 10.0 Å². The van der Waals surface area contributed by atoms with Crippen LogP contribution < -0.4 is 4.90 Å². The molecule has 1 aliphatic rings. The topological polar surface area (TPSA) is 54.9 Å². The summed E-state index contributed by atoms with van der Waals surface area (Å²) in [5.41, 5.74) is 1.25. The van der Waals surface area contributed by atoms with E-state index < -0.39 is 0 Å². The molecule has 3 aromatic rings. The molecule has 6 heteroatoms. The third-order valence-corrected chi connectivity index (χ3v) is 6.11. The van der Waals surface area contributed by atoms with Crippen molar-refractivity contribution in [3.8, 4) is 5.88 Å². The number of likely N-dealkylation sites (tertiary alicyclic amines) is 1. The van der Waals surface area contributed by atoms with Gasteiger partial charge in [-0.25, -0.2) is 4.98 Å². The third kappa shape index (κ3) is 2.70. The Morgan fingerprint density at radius 3 is 2.62 bits per heavy atom. The molecule has 0 radical (unpaired) electrons. The first kappa shape index (κ1) is 15.6. The number of aromatic nitrogens is 3. The Hall–Kier alpha value is -1.92. The van der Waals surface area contributed by atoms with Gasteiger partial charge in [-0.3, -0.25) is 0 Å². The summed E-state index contributed by atoms with van der Waals surface area (Å²) in [7, 11) is 0. The van der Waals surface area contributed by atoms with Crippen LogP contribution in [-0.4, -0.2) is 32.8 Å². The number of fused-ring (bicyclic) bond motifs is 1. The highest BCUT2D eigenvalue weighted by atomic mass is 32.1. The van der Waals surface area contributed by atoms with Crippen LogP contribution in [0.25, 0.3) is 4.96 Å². The summed E-state index contributed by atoms with van der Waals surface area (Å²) in [6.07, 6.45) is 2.47. The molecule has 2 aromatic heterocycles. The van der Waals surface area contributed by atoms with Gasteiger partial charge in [-0.15, -0.1) is 5.10 Å². The Labute approximate surface area is 145 Å². The number of aryl methyl sites for hydroxylation is 1. The van der Waals surface area contributed by atoms with Gasteiger partial charge in [0, 0.05) is 5.56 Å². The van der Waals surface area contributed by atoms with Gasteiger partial charge in [0.15, 0.2) is 6.04 Å². The van der Waals surface area contributed by atoms with Gasteiger partial charge in [0.25, 0.3) is 0 Å². The van der Waals surface area contributed by atoms with Crippen LogP contribution in [0.2, 0.25) is 0 Å². The first-order valence-corrected chi connectivity index (χ1v) is 9.39. The Bertz CT molecular complexity index is 833. The monoisotopic (exact) mass is 343 g/mol. The molecule has 2 N–H and O–H groups in total. The number of hydrogen-bond acceptors (Lipinski definition) is 4. The molecular weight excluding hydrogens is 320 g/mol. The van der Waals surface area contributed by atoms with E-state index in [4.69, 9.17) is 0 Å². The predicted molar refractivity (Wildman–Crippen MR) is 94.6 cm³/mol. The minimum atomic E-state index is 0.146. The number of aromatic hydroxyl groups is 1. The normalized spacial score (nSPS) is 22.8. The van der Waals surface area contributed by atoms with Crippen molar-refractivity contribution >= 4 is 16.3 Å². The van der Waals surface area contributed by atoms with Crippen LogP contribution in [0.3, 0.4) is 0 Å². The predicted octanol–water partition coefficient (Wildman–Crippen LogP) is 2.21. The Kier molecular flexibility index (Phi) is 4.02. The maximum Gasteiger partial charge on any atom is 0.235 e. The lowest BCUT2D eigenvalue weighted by atomic mass is 9.95. The van der Waals surface area contributed by atoms with Crippen molar-refractivity contribution in [2.24, 2.45) is 5.92 Å². The van der Waals surface area contributed by atoms with Crippen LogP contribution in [0.1, 0.15) is 42.1 Å². The molecule has 1 aliphatic heterocycles. The molecule has 0 bridgehead atoms. The number of rotatable bonds is 3. The van der Waals surface area contributed by atoms with E-state index in [-0.39, 0.29) is 11.9 Å². The number of hydrogen-bond donors (Lipinski definition) is 2. The van der Waals surface area contributed by atoms with E-state index in [9.17, 15) is 5.11 Å². The molecular formula is C18H23N4OS+. The van der Waals surface area contributed by atoms with Crippen molar-refractivity contribution in [1.82, 2.24) is 14.6 Å². The molecule has 1 aromatic carbocycles. The minimum Gasteiger partial charge on any atom is -0.492 e. The fraction of sp³-hybridized carbons (Fsp3) is 0.444. The fourth-order valence-electron chi connectivity index (χ4n) is 3.68. The molecule has 0 amide bonds. The zero-order chi connectivity index (χ0) is 16.7. The third-order valence-electron chi connectivity index (χ3n) is 5.03. The standard InChI is InChI=1S/C18H22N4OS/c1-12-8-10-21(11-9-12)15(14-6-4-3-5-7-14)16-17(23)22-18(24-16)19-13(2)20-22/h3-7,12,15,23H,8-11H2,1-2H3/p+1/t15-/m0/s1. The Morgan fingerprint density at radius 1 is 1.25 bits per heavy atom. The van der Waals surface area contributed by atoms with Gasteiger partial charge in [0.1, 0.15) is 10.7 Å².